The van der Waals surface area contributed by atoms with Crippen molar-refractivity contribution in [2.45, 2.75) is 32.6 Å². The highest BCUT2D eigenvalue weighted by Crippen LogP contribution is 2.32. The van der Waals surface area contributed by atoms with Crippen molar-refractivity contribution in [2.24, 2.45) is 11.8 Å². The van der Waals surface area contributed by atoms with Crippen LogP contribution in [0.25, 0.3) is 0 Å². The van der Waals surface area contributed by atoms with Gasteiger partial charge in [0.05, 0.1) is 0 Å². The molecule has 3 heteroatoms. The van der Waals surface area contributed by atoms with E-state index in [9.17, 15) is 4.79 Å². The van der Waals surface area contributed by atoms with Crippen molar-refractivity contribution in [3.63, 3.8) is 0 Å². The third-order valence-corrected chi connectivity index (χ3v) is 3.73. The van der Waals surface area contributed by atoms with E-state index in [1.54, 1.807) is 0 Å². The Kier molecular flexibility index (Phi) is 4.78. The fraction of sp³-hybridized carbons (Fsp3) is 0.900. The summed E-state index contributed by atoms with van der Waals surface area (Å²) in [5, 5.41) is 4.06. The lowest BCUT2D eigenvalue weighted by Gasteiger charge is -2.17. The fourth-order valence-electron chi connectivity index (χ4n) is 1.96. The first-order chi connectivity index (χ1) is 6.27. The summed E-state index contributed by atoms with van der Waals surface area (Å²) in [5.41, 5.74) is 0. The molecule has 2 atom stereocenters. The van der Waals surface area contributed by atoms with E-state index in [0.29, 0.717) is 12.3 Å². The van der Waals surface area contributed by atoms with Gasteiger partial charge < -0.3 is 5.32 Å². The van der Waals surface area contributed by atoms with Gasteiger partial charge in [0.25, 0.3) is 0 Å². The fourth-order valence-corrected chi connectivity index (χ4v) is 2.81. The second-order valence-electron chi connectivity index (χ2n) is 3.76. The van der Waals surface area contributed by atoms with Crippen LogP contribution >= 0.6 is 15.9 Å². The number of nitrogens with one attached hydrogen (secondary N) is 1. The minimum atomic E-state index is 0.181. The molecule has 1 aliphatic carbocycles. The van der Waals surface area contributed by atoms with Gasteiger partial charge >= 0.3 is 0 Å². The highest BCUT2D eigenvalue weighted by atomic mass is 79.9. The SMILES string of the molecule is CCC(=O)NCC1CCCC1CBr. The van der Waals surface area contributed by atoms with Crippen LogP contribution in [0.15, 0.2) is 0 Å². The predicted octanol–water partition coefficient (Wildman–Crippen LogP) is 2.32. The molecule has 0 bridgehead atoms. The molecule has 0 spiro atoms. The third-order valence-electron chi connectivity index (χ3n) is 2.90. The molecule has 76 valence electrons. The summed E-state index contributed by atoms with van der Waals surface area (Å²) < 4.78 is 0. The van der Waals surface area contributed by atoms with Crippen molar-refractivity contribution in [3.8, 4) is 0 Å². The van der Waals surface area contributed by atoms with Crippen molar-refractivity contribution in [1.29, 1.82) is 0 Å². The number of amides is 1. The van der Waals surface area contributed by atoms with Crippen LogP contribution in [-0.4, -0.2) is 17.8 Å². The molecule has 2 unspecified atom stereocenters. The molecule has 0 aromatic heterocycles. The standard InChI is InChI=1S/C10H18BrNO/c1-2-10(13)12-7-9-5-3-4-8(9)6-11/h8-9H,2-7H2,1H3,(H,12,13). The van der Waals surface area contributed by atoms with Crippen molar-refractivity contribution in [2.75, 3.05) is 11.9 Å². The number of halogens is 1. The maximum Gasteiger partial charge on any atom is 0.219 e. The molecule has 2 nitrogen and oxygen atoms in total. The molecule has 1 N–H and O–H groups in total. The van der Waals surface area contributed by atoms with E-state index in [4.69, 9.17) is 0 Å². The van der Waals surface area contributed by atoms with Gasteiger partial charge in [-0.2, -0.15) is 0 Å². The summed E-state index contributed by atoms with van der Waals surface area (Å²) >= 11 is 3.53. The Hall–Kier alpha value is -0.0500. The zero-order valence-corrected chi connectivity index (χ0v) is 9.77. The lowest BCUT2D eigenvalue weighted by molar-refractivity contribution is -0.121. The lowest BCUT2D eigenvalue weighted by atomic mass is 9.98. The summed E-state index contributed by atoms with van der Waals surface area (Å²) in [5.74, 6) is 1.66. The summed E-state index contributed by atoms with van der Waals surface area (Å²) in [6.07, 6.45) is 4.52. The van der Waals surface area contributed by atoms with Crippen LogP contribution in [-0.2, 0) is 4.79 Å². The highest BCUT2D eigenvalue weighted by Gasteiger charge is 2.26. The number of carbonyl (C=O) groups excluding carboxylic acids is 1. The highest BCUT2D eigenvalue weighted by molar-refractivity contribution is 9.09. The van der Waals surface area contributed by atoms with Gasteiger partial charge in [0.15, 0.2) is 0 Å². The van der Waals surface area contributed by atoms with Crippen molar-refractivity contribution < 1.29 is 4.79 Å². The average molecular weight is 248 g/mol. The van der Waals surface area contributed by atoms with E-state index in [2.05, 4.69) is 21.2 Å². The Morgan fingerprint density at radius 2 is 2.15 bits per heavy atom. The normalized spacial score (nSPS) is 27.5. The molecule has 1 rings (SSSR count). The van der Waals surface area contributed by atoms with Gasteiger partial charge in [-0.3, -0.25) is 4.79 Å². The van der Waals surface area contributed by atoms with Gasteiger partial charge in [-0.15, -0.1) is 0 Å². The molecule has 0 heterocycles. The number of hydrogen-bond acceptors (Lipinski definition) is 1. The summed E-state index contributed by atoms with van der Waals surface area (Å²) in [6.45, 7) is 2.77. The Labute approximate surface area is 88.6 Å². The maximum atomic E-state index is 11.0. The van der Waals surface area contributed by atoms with Gasteiger partial charge in [0.2, 0.25) is 5.91 Å². The van der Waals surface area contributed by atoms with Gasteiger partial charge in [-0.25, -0.2) is 0 Å². The topological polar surface area (TPSA) is 29.1 Å². The summed E-state index contributed by atoms with van der Waals surface area (Å²) in [4.78, 5) is 11.0. The number of rotatable bonds is 4. The second kappa shape index (κ2) is 5.63. The molecule has 0 aromatic rings. The molecule has 1 fully saturated rings. The molecule has 13 heavy (non-hydrogen) atoms. The first-order valence-corrected chi connectivity index (χ1v) is 6.22. The van der Waals surface area contributed by atoms with E-state index >= 15 is 0 Å². The maximum absolute atomic E-state index is 11.0. The molecule has 1 aliphatic rings. The zero-order valence-electron chi connectivity index (χ0n) is 8.18. The van der Waals surface area contributed by atoms with E-state index in [1.807, 2.05) is 6.92 Å². The molecular formula is C10H18BrNO. The quantitative estimate of drug-likeness (QED) is 0.760. The van der Waals surface area contributed by atoms with Gasteiger partial charge in [-0.05, 0) is 24.7 Å². The first kappa shape index (κ1) is 11.0. The predicted molar refractivity (Wildman–Crippen MR) is 57.9 cm³/mol. The van der Waals surface area contributed by atoms with Crippen LogP contribution in [0.3, 0.4) is 0 Å². The summed E-state index contributed by atoms with van der Waals surface area (Å²) in [7, 11) is 0. The average Bonchev–Trinajstić information content (AvgIpc) is 2.61. The minimum absolute atomic E-state index is 0.181. The Balaban J connectivity index is 2.23. The van der Waals surface area contributed by atoms with Crippen LogP contribution in [0.5, 0.6) is 0 Å². The number of hydrogen-bond donors (Lipinski definition) is 1. The van der Waals surface area contributed by atoms with E-state index in [-0.39, 0.29) is 5.91 Å². The smallest absolute Gasteiger partial charge is 0.219 e. The Bertz CT molecular complexity index is 172. The van der Waals surface area contributed by atoms with Crippen LogP contribution < -0.4 is 5.32 Å². The Morgan fingerprint density at radius 1 is 1.46 bits per heavy atom. The molecule has 1 amide bonds. The Morgan fingerprint density at radius 3 is 2.77 bits per heavy atom. The van der Waals surface area contributed by atoms with Crippen LogP contribution in [0.1, 0.15) is 32.6 Å². The van der Waals surface area contributed by atoms with Crippen molar-refractivity contribution in [1.82, 2.24) is 5.32 Å². The largest absolute Gasteiger partial charge is 0.356 e. The molecule has 0 radical (unpaired) electrons. The zero-order chi connectivity index (χ0) is 9.68. The molecule has 0 aliphatic heterocycles. The first-order valence-electron chi connectivity index (χ1n) is 5.10. The molecule has 1 saturated carbocycles. The van der Waals surface area contributed by atoms with Gasteiger partial charge in [0, 0.05) is 18.3 Å². The van der Waals surface area contributed by atoms with Crippen LogP contribution in [0.2, 0.25) is 0 Å². The van der Waals surface area contributed by atoms with Gasteiger partial charge in [-0.1, -0.05) is 29.3 Å². The minimum Gasteiger partial charge on any atom is -0.356 e. The lowest BCUT2D eigenvalue weighted by Crippen LogP contribution is -2.30. The van der Waals surface area contributed by atoms with Crippen LogP contribution in [0, 0.1) is 11.8 Å². The second-order valence-corrected chi connectivity index (χ2v) is 4.41. The van der Waals surface area contributed by atoms with E-state index in [0.717, 1.165) is 17.8 Å². The summed E-state index contributed by atoms with van der Waals surface area (Å²) in [6, 6.07) is 0. The van der Waals surface area contributed by atoms with Crippen molar-refractivity contribution >= 4 is 21.8 Å². The third kappa shape index (κ3) is 3.29. The van der Waals surface area contributed by atoms with E-state index < -0.39 is 0 Å². The molecular weight excluding hydrogens is 230 g/mol. The molecule has 0 aromatic carbocycles. The number of alkyl halides is 1. The van der Waals surface area contributed by atoms with Crippen molar-refractivity contribution in [3.05, 3.63) is 0 Å². The number of carbonyl (C=O) groups is 1. The molecule has 0 saturated heterocycles. The monoisotopic (exact) mass is 247 g/mol. The van der Waals surface area contributed by atoms with E-state index in [1.165, 1.54) is 19.3 Å². The van der Waals surface area contributed by atoms with Crippen LogP contribution in [0.4, 0.5) is 0 Å². The van der Waals surface area contributed by atoms with Gasteiger partial charge in [0.1, 0.15) is 0 Å².